The van der Waals surface area contributed by atoms with E-state index in [2.05, 4.69) is 16.9 Å². The molecule has 1 N–H and O–H groups in total. The molecule has 1 fully saturated rings. The largest absolute Gasteiger partial charge is 0.491 e. The van der Waals surface area contributed by atoms with Crippen LogP contribution in [0.4, 0.5) is 0 Å². The van der Waals surface area contributed by atoms with Crippen LogP contribution in [0.2, 0.25) is 0 Å². The van der Waals surface area contributed by atoms with Crippen molar-refractivity contribution < 1.29 is 9.84 Å². The van der Waals surface area contributed by atoms with E-state index in [1.54, 1.807) is 0 Å². The highest BCUT2D eigenvalue weighted by atomic mass is 16.5. The molecule has 0 aliphatic carbocycles. The van der Waals surface area contributed by atoms with E-state index in [9.17, 15) is 5.11 Å². The summed E-state index contributed by atoms with van der Waals surface area (Å²) < 4.78 is 7.76. The van der Waals surface area contributed by atoms with Gasteiger partial charge < -0.3 is 9.84 Å². The first-order valence-electron chi connectivity index (χ1n) is 8.57. The number of nitrogens with zero attached hydrogens (tertiary/aromatic N) is 3. The van der Waals surface area contributed by atoms with Crippen molar-refractivity contribution in [1.82, 2.24) is 14.7 Å². The van der Waals surface area contributed by atoms with Gasteiger partial charge in [-0.3, -0.25) is 9.58 Å². The number of aromatic nitrogens is 2. The Labute approximate surface area is 143 Å². The highest BCUT2D eigenvalue weighted by Crippen LogP contribution is 2.25. The van der Waals surface area contributed by atoms with Gasteiger partial charge in [0.1, 0.15) is 18.0 Å². The second-order valence-corrected chi connectivity index (χ2v) is 7.02. The molecule has 3 rings (SSSR count). The Balaban J connectivity index is 1.60. The lowest BCUT2D eigenvalue weighted by atomic mass is 9.93. The van der Waals surface area contributed by atoms with Crippen molar-refractivity contribution in [3.63, 3.8) is 0 Å². The summed E-state index contributed by atoms with van der Waals surface area (Å²) >= 11 is 0. The zero-order valence-corrected chi connectivity index (χ0v) is 14.8. The third-order valence-corrected chi connectivity index (χ3v) is 4.86. The average molecular weight is 329 g/mol. The number of piperidine rings is 1. The third kappa shape index (κ3) is 3.97. The molecule has 1 aromatic carbocycles. The number of hydrogen-bond donors (Lipinski definition) is 1. The molecule has 0 saturated carbocycles. The molecule has 0 amide bonds. The molecular formula is C19H27N3O2. The number of β-amino-alcohol motifs (C(OH)–C–C–N with tert-alkyl or cyclic N) is 1. The van der Waals surface area contributed by atoms with E-state index >= 15 is 0 Å². The average Bonchev–Trinajstić information content (AvgIpc) is 2.85. The molecule has 5 nitrogen and oxygen atoms in total. The number of ether oxygens (including phenoxy) is 1. The Morgan fingerprint density at radius 1 is 1.33 bits per heavy atom. The van der Waals surface area contributed by atoms with Crippen LogP contribution in [0, 0.1) is 13.8 Å². The molecule has 1 saturated heterocycles. The zero-order valence-electron chi connectivity index (χ0n) is 14.8. The number of aryl methyl sites for hydroxylation is 2. The van der Waals surface area contributed by atoms with Gasteiger partial charge in [0.15, 0.2) is 0 Å². The van der Waals surface area contributed by atoms with E-state index in [1.807, 2.05) is 49.1 Å². The molecule has 2 aromatic rings. The molecule has 2 heterocycles. The minimum Gasteiger partial charge on any atom is -0.491 e. The predicted octanol–water partition coefficient (Wildman–Crippen LogP) is 2.44. The van der Waals surface area contributed by atoms with Crippen LogP contribution in [0.5, 0.6) is 5.75 Å². The first kappa shape index (κ1) is 17.0. The predicted molar refractivity (Wildman–Crippen MR) is 94.1 cm³/mol. The lowest BCUT2D eigenvalue weighted by Gasteiger charge is -2.38. The fourth-order valence-electron chi connectivity index (χ4n) is 3.32. The Morgan fingerprint density at radius 2 is 2.17 bits per heavy atom. The van der Waals surface area contributed by atoms with Crippen molar-refractivity contribution in [2.24, 2.45) is 7.05 Å². The number of hydrogen-bond acceptors (Lipinski definition) is 4. The van der Waals surface area contributed by atoms with Crippen LogP contribution in [0.3, 0.4) is 0 Å². The first-order valence-corrected chi connectivity index (χ1v) is 8.57. The van der Waals surface area contributed by atoms with Gasteiger partial charge in [0.2, 0.25) is 0 Å². The lowest BCUT2D eigenvalue weighted by molar-refractivity contribution is -0.0621. The van der Waals surface area contributed by atoms with Gasteiger partial charge in [0, 0.05) is 31.4 Å². The van der Waals surface area contributed by atoms with Gasteiger partial charge in [-0.25, -0.2) is 0 Å². The van der Waals surface area contributed by atoms with Gasteiger partial charge >= 0.3 is 0 Å². The number of likely N-dealkylation sites (tertiary alicyclic amines) is 1. The summed E-state index contributed by atoms with van der Waals surface area (Å²) in [5, 5.41) is 15.2. The molecule has 0 bridgehead atoms. The summed E-state index contributed by atoms with van der Waals surface area (Å²) in [7, 11) is 1.96. The van der Waals surface area contributed by atoms with Crippen LogP contribution >= 0.6 is 0 Å². The zero-order chi connectivity index (χ0) is 17.2. The van der Waals surface area contributed by atoms with Gasteiger partial charge in [0.25, 0.3) is 0 Å². The molecule has 5 heteroatoms. The van der Waals surface area contributed by atoms with Crippen molar-refractivity contribution >= 4 is 0 Å². The van der Waals surface area contributed by atoms with Crippen LogP contribution in [0.15, 0.2) is 30.5 Å². The maximum Gasteiger partial charge on any atom is 0.119 e. The van der Waals surface area contributed by atoms with E-state index in [1.165, 1.54) is 11.3 Å². The van der Waals surface area contributed by atoms with Crippen molar-refractivity contribution in [2.45, 2.75) is 38.8 Å². The highest BCUT2D eigenvalue weighted by molar-refractivity contribution is 5.27. The number of benzene rings is 1. The van der Waals surface area contributed by atoms with Crippen LogP contribution in [0.1, 0.15) is 29.7 Å². The first-order chi connectivity index (χ1) is 11.5. The molecular weight excluding hydrogens is 302 g/mol. The van der Waals surface area contributed by atoms with Gasteiger partial charge in [0.05, 0.1) is 6.20 Å². The van der Waals surface area contributed by atoms with E-state index < -0.39 is 5.60 Å². The van der Waals surface area contributed by atoms with E-state index in [4.69, 9.17) is 4.74 Å². The monoisotopic (exact) mass is 329 g/mol. The molecule has 1 aromatic heterocycles. The van der Waals surface area contributed by atoms with E-state index in [-0.39, 0.29) is 0 Å². The molecule has 24 heavy (non-hydrogen) atoms. The normalized spacial score (nSPS) is 21.8. The molecule has 1 aliphatic heterocycles. The number of aliphatic hydroxyl groups is 1. The third-order valence-electron chi connectivity index (χ3n) is 4.86. The maximum absolute atomic E-state index is 10.9. The molecule has 0 spiro atoms. The van der Waals surface area contributed by atoms with E-state index in [0.717, 1.165) is 37.2 Å². The van der Waals surface area contributed by atoms with Crippen molar-refractivity contribution in [3.05, 3.63) is 47.3 Å². The smallest absolute Gasteiger partial charge is 0.119 e. The number of rotatable bonds is 5. The van der Waals surface area contributed by atoms with Gasteiger partial charge in [-0.1, -0.05) is 12.1 Å². The quantitative estimate of drug-likeness (QED) is 0.915. The molecule has 1 atom stereocenters. The van der Waals surface area contributed by atoms with Crippen molar-refractivity contribution in [2.75, 3.05) is 19.7 Å². The van der Waals surface area contributed by atoms with Crippen LogP contribution in [-0.2, 0) is 13.6 Å². The lowest BCUT2D eigenvalue weighted by Crippen LogP contribution is -2.51. The van der Waals surface area contributed by atoms with Crippen LogP contribution in [-0.4, -0.2) is 45.1 Å². The second kappa shape index (κ2) is 6.95. The Morgan fingerprint density at radius 3 is 2.88 bits per heavy atom. The van der Waals surface area contributed by atoms with Gasteiger partial charge in [-0.15, -0.1) is 0 Å². The summed E-state index contributed by atoms with van der Waals surface area (Å²) in [4.78, 5) is 2.30. The topological polar surface area (TPSA) is 50.5 Å². The van der Waals surface area contributed by atoms with Crippen molar-refractivity contribution in [3.8, 4) is 5.75 Å². The van der Waals surface area contributed by atoms with Gasteiger partial charge in [-0.05, 0) is 50.9 Å². The van der Waals surface area contributed by atoms with Gasteiger partial charge in [-0.2, -0.15) is 5.10 Å². The SMILES string of the molecule is Cc1cccc(OC[C@]2(O)CCCN(Cc3cnn(C)c3C)C2)c1. The minimum absolute atomic E-state index is 0.332. The van der Waals surface area contributed by atoms with Crippen LogP contribution < -0.4 is 4.74 Å². The molecule has 0 radical (unpaired) electrons. The Bertz CT molecular complexity index is 698. The summed E-state index contributed by atoms with van der Waals surface area (Å²) in [5.74, 6) is 0.823. The minimum atomic E-state index is -0.794. The summed E-state index contributed by atoms with van der Waals surface area (Å²) in [6.07, 6.45) is 3.68. The fourth-order valence-corrected chi connectivity index (χ4v) is 3.32. The maximum atomic E-state index is 10.9. The highest BCUT2D eigenvalue weighted by Gasteiger charge is 2.34. The van der Waals surface area contributed by atoms with Crippen LogP contribution in [0.25, 0.3) is 0 Å². The molecule has 1 aliphatic rings. The standard InChI is InChI=1S/C19H27N3O2/c1-15-6-4-7-18(10-15)24-14-19(23)8-5-9-22(13-19)12-17-11-20-21(3)16(17)2/h4,6-7,10-11,23H,5,8-9,12-14H2,1-3H3/t19-/m0/s1. The Kier molecular flexibility index (Phi) is 4.92. The molecule has 130 valence electrons. The fraction of sp³-hybridized carbons (Fsp3) is 0.526. The summed E-state index contributed by atoms with van der Waals surface area (Å²) in [6, 6.07) is 7.96. The second-order valence-electron chi connectivity index (χ2n) is 7.02. The van der Waals surface area contributed by atoms with E-state index in [0.29, 0.717) is 13.2 Å². The summed E-state index contributed by atoms with van der Waals surface area (Å²) in [5.41, 5.74) is 2.77. The Hall–Kier alpha value is -1.85. The van der Waals surface area contributed by atoms with Crippen molar-refractivity contribution in [1.29, 1.82) is 0 Å². The molecule has 0 unspecified atom stereocenters. The summed E-state index contributed by atoms with van der Waals surface area (Å²) in [6.45, 7) is 6.92.